The molecule has 0 N–H and O–H groups in total. The summed E-state index contributed by atoms with van der Waals surface area (Å²) in [7, 11) is 1.36. The van der Waals surface area contributed by atoms with Gasteiger partial charge < -0.3 is 9.47 Å². The van der Waals surface area contributed by atoms with Crippen molar-refractivity contribution in [2.45, 2.75) is 0 Å². The number of hydrogen-bond acceptors (Lipinski definition) is 3. The predicted octanol–water partition coefficient (Wildman–Crippen LogP) is 0.116. The Morgan fingerprint density at radius 3 is 3.11 bits per heavy atom. The van der Waals surface area contributed by atoms with Crippen LogP contribution in [0.2, 0.25) is 0 Å². The Kier molecular flexibility index (Phi) is 1.85. The lowest BCUT2D eigenvalue weighted by molar-refractivity contribution is -0.136. The molecule has 0 radical (unpaired) electrons. The maximum Gasteiger partial charge on any atom is 0.335 e. The molecule has 0 saturated heterocycles. The molecule has 0 aromatic rings. The van der Waals surface area contributed by atoms with Crippen molar-refractivity contribution in [3.8, 4) is 0 Å². The SMILES string of the molecule is COC(=O)C1=CCOC1. The quantitative estimate of drug-likeness (QED) is 0.470. The number of rotatable bonds is 1. The molecule has 50 valence electrons. The van der Waals surface area contributed by atoms with Crippen molar-refractivity contribution in [1.82, 2.24) is 0 Å². The fourth-order valence-corrected chi connectivity index (χ4v) is 0.661. The van der Waals surface area contributed by atoms with Gasteiger partial charge in [-0.3, -0.25) is 0 Å². The van der Waals surface area contributed by atoms with Crippen LogP contribution in [-0.2, 0) is 14.3 Å². The third kappa shape index (κ3) is 1.29. The maximum atomic E-state index is 10.6. The van der Waals surface area contributed by atoms with Crippen LogP contribution in [-0.4, -0.2) is 26.3 Å². The molecule has 0 spiro atoms. The molecule has 3 heteroatoms. The minimum absolute atomic E-state index is 0.285. The lowest BCUT2D eigenvalue weighted by atomic mass is 10.3. The van der Waals surface area contributed by atoms with Crippen molar-refractivity contribution in [2.24, 2.45) is 0 Å². The van der Waals surface area contributed by atoms with E-state index in [0.717, 1.165) is 0 Å². The number of esters is 1. The van der Waals surface area contributed by atoms with Crippen molar-refractivity contribution < 1.29 is 14.3 Å². The highest BCUT2D eigenvalue weighted by Crippen LogP contribution is 2.04. The van der Waals surface area contributed by atoms with Crippen molar-refractivity contribution in [1.29, 1.82) is 0 Å². The first-order valence-electron chi connectivity index (χ1n) is 2.69. The molecule has 0 fully saturated rings. The highest BCUT2D eigenvalue weighted by atomic mass is 16.5. The van der Waals surface area contributed by atoms with E-state index in [0.29, 0.717) is 18.8 Å². The first-order chi connectivity index (χ1) is 4.34. The van der Waals surface area contributed by atoms with Gasteiger partial charge in [0.25, 0.3) is 0 Å². The maximum absolute atomic E-state index is 10.6. The monoisotopic (exact) mass is 128 g/mol. The summed E-state index contributed by atoms with van der Waals surface area (Å²) in [5.74, 6) is -0.285. The van der Waals surface area contributed by atoms with Gasteiger partial charge in [-0.2, -0.15) is 0 Å². The van der Waals surface area contributed by atoms with Crippen LogP contribution in [0.4, 0.5) is 0 Å². The standard InChI is InChI=1S/C6H8O3/c1-8-6(7)5-2-3-9-4-5/h2H,3-4H2,1H3. The summed E-state index contributed by atoms with van der Waals surface area (Å²) >= 11 is 0. The van der Waals surface area contributed by atoms with Crippen molar-refractivity contribution in [3.63, 3.8) is 0 Å². The molecule has 0 aromatic carbocycles. The molecule has 1 aliphatic heterocycles. The highest BCUT2D eigenvalue weighted by molar-refractivity contribution is 5.88. The molecule has 0 atom stereocenters. The summed E-state index contributed by atoms with van der Waals surface area (Å²) in [6.45, 7) is 0.928. The summed E-state index contributed by atoms with van der Waals surface area (Å²) in [4.78, 5) is 10.6. The molecule has 9 heavy (non-hydrogen) atoms. The van der Waals surface area contributed by atoms with Gasteiger partial charge in [0.1, 0.15) is 0 Å². The summed E-state index contributed by atoms with van der Waals surface area (Å²) in [5, 5.41) is 0. The van der Waals surface area contributed by atoms with Gasteiger partial charge in [0.2, 0.25) is 0 Å². The summed E-state index contributed by atoms with van der Waals surface area (Å²) in [6, 6.07) is 0. The van der Waals surface area contributed by atoms with Gasteiger partial charge in [-0.25, -0.2) is 4.79 Å². The predicted molar refractivity (Wildman–Crippen MR) is 30.9 cm³/mol. The molecule has 0 amide bonds. The van der Waals surface area contributed by atoms with Gasteiger partial charge >= 0.3 is 5.97 Å². The zero-order valence-electron chi connectivity index (χ0n) is 5.22. The van der Waals surface area contributed by atoms with E-state index < -0.39 is 0 Å². The molecule has 1 aliphatic rings. The van der Waals surface area contributed by atoms with Crippen LogP contribution in [0.15, 0.2) is 11.6 Å². The second-order valence-corrected chi connectivity index (χ2v) is 1.74. The van der Waals surface area contributed by atoms with Gasteiger partial charge in [0.15, 0.2) is 0 Å². The Hall–Kier alpha value is -0.830. The fourth-order valence-electron chi connectivity index (χ4n) is 0.661. The van der Waals surface area contributed by atoms with E-state index in [1.165, 1.54) is 7.11 Å². The van der Waals surface area contributed by atoms with E-state index in [1.54, 1.807) is 6.08 Å². The van der Waals surface area contributed by atoms with Crippen LogP contribution < -0.4 is 0 Å². The third-order valence-corrected chi connectivity index (χ3v) is 1.15. The summed E-state index contributed by atoms with van der Waals surface area (Å²) in [6.07, 6.45) is 1.73. The minimum Gasteiger partial charge on any atom is -0.466 e. The van der Waals surface area contributed by atoms with Gasteiger partial charge in [0.05, 0.1) is 25.9 Å². The van der Waals surface area contributed by atoms with E-state index in [1.807, 2.05) is 0 Å². The first kappa shape index (κ1) is 6.29. The number of carbonyl (C=O) groups excluding carboxylic acids is 1. The van der Waals surface area contributed by atoms with Crippen LogP contribution in [0, 0.1) is 0 Å². The van der Waals surface area contributed by atoms with Crippen LogP contribution in [0.5, 0.6) is 0 Å². The van der Waals surface area contributed by atoms with E-state index in [9.17, 15) is 4.79 Å². The molecule has 0 aromatic heterocycles. The Balaban J connectivity index is 2.51. The fraction of sp³-hybridized carbons (Fsp3) is 0.500. The van der Waals surface area contributed by atoms with Gasteiger partial charge in [-0.05, 0) is 6.08 Å². The highest BCUT2D eigenvalue weighted by Gasteiger charge is 2.12. The van der Waals surface area contributed by atoms with Gasteiger partial charge in [-0.15, -0.1) is 0 Å². The summed E-state index contributed by atoms with van der Waals surface area (Å²) in [5.41, 5.74) is 0.623. The topological polar surface area (TPSA) is 35.5 Å². The molecule has 0 unspecified atom stereocenters. The van der Waals surface area contributed by atoms with Gasteiger partial charge in [-0.1, -0.05) is 0 Å². The van der Waals surface area contributed by atoms with Crippen LogP contribution in [0.3, 0.4) is 0 Å². The Morgan fingerprint density at radius 2 is 2.67 bits per heavy atom. The second-order valence-electron chi connectivity index (χ2n) is 1.74. The number of carbonyl (C=O) groups is 1. The van der Waals surface area contributed by atoms with Crippen LogP contribution in [0.1, 0.15) is 0 Å². The average molecular weight is 128 g/mol. The summed E-state index contributed by atoms with van der Waals surface area (Å²) < 4.78 is 9.33. The lowest BCUT2D eigenvalue weighted by Crippen LogP contribution is -2.05. The van der Waals surface area contributed by atoms with E-state index in [4.69, 9.17) is 4.74 Å². The zero-order valence-corrected chi connectivity index (χ0v) is 5.22. The first-order valence-corrected chi connectivity index (χ1v) is 2.69. The number of hydrogen-bond donors (Lipinski definition) is 0. The number of methoxy groups -OCH3 is 1. The van der Waals surface area contributed by atoms with Crippen molar-refractivity contribution in [3.05, 3.63) is 11.6 Å². The molecular formula is C6H8O3. The van der Waals surface area contributed by atoms with E-state index >= 15 is 0 Å². The smallest absolute Gasteiger partial charge is 0.335 e. The zero-order chi connectivity index (χ0) is 6.69. The Morgan fingerprint density at radius 1 is 1.89 bits per heavy atom. The third-order valence-electron chi connectivity index (χ3n) is 1.15. The average Bonchev–Trinajstić information content (AvgIpc) is 2.37. The molecule has 0 saturated carbocycles. The van der Waals surface area contributed by atoms with Crippen molar-refractivity contribution in [2.75, 3.05) is 20.3 Å². The largest absolute Gasteiger partial charge is 0.466 e. The Bertz CT molecular complexity index is 148. The minimum atomic E-state index is -0.285. The molecule has 3 nitrogen and oxygen atoms in total. The molecular weight excluding hydrogens is 120 g/mol. The Labute approximate surface area is 53.3 Å². The molecule has 1 rings (SSSR count). The number of ether oxygens (including phenoxy) is 2. The van der Waals surface area contributed by atoms with Gasteiger partial charge in [0, 0.05) is 0 Å². The lowest BCUT2D eigenvalue weighted by Gasteiger charge is -1.95. The van der Waals surface area contributed by atoms with E-state index in [2.05, 4.69) is 4.74 Å². The second kappa shape index (κ2) is 2.64. The van der Waals surface area contributed by atoms with Crippen LogP contribution in [0.25, 0.3) is 0 Å². The normalized spacial score (nSPS) is 17.2. The molecule has 1 heterocycles. The molecule has 0 bridgehead atoms. The van der Waals surface area contributed by atoms with Crippen LogP contribution >= 0.6 is 0 Å². The van der Waals surface area contributed by atoms with E-state index in [-0.39, 0.29) is 5.97 Å². The van der Waals surface area contributed by atoms with Crippen molar-refractivity contribution >= 4 is 5.97 Å². The molecule has 0 aliphatic carbocycles.